The van der Waals surface area contributed by atoms with Gasteiger partial charge in [-0.3, -0.25) is 14.2 Å². The fourth-order valence-corrected chi connectivity index (χ4v) is 7.33. The summed E-state index contributed by atoms with van der Waals surface area (Å²) in [6, 6.07) is 10.2. The SMILES string of the molecule is CCCCN(CCCC)C(=O)CSc1nnc2n(CCc3ccccc3)c(=O)c3c4c(sc3n12)COC(C)(C)C4. The van der Waals surface area contributed by atoms with Crippen molar-refractivity contribution in [2.45, 2.75) is 90.1 Å². The minimum atomic E-state index is -0.338. The highest BCUT2D eigenvalue weighted by Crippen LogP contribution is 2.38. The van der Waals surface area contributed by atoms with Crippen LogP contribution in [0.1, 0.15) is 69.4 Å². The third-order valence-corrected chi connectivity index (χ3v) is 9.60. The van der Waals surface area contributed by atoms with Gasteiger partial charge in [0, 0.05) is 30.9 Å². The molecule has 8 nitrogen and oxygen atoms in total. The number of hydrogen-bond acceptors (Lipinski definition) is 7. The molecule has 0 saturated carbocycles. The number of thiophene rings is 1. The van der Waals surface area contributed by atoms with Crippen LogP contribution < -0.4 is 5.56 Å². The Bertz CT molecular complexity index is 1530. The summed E-state index contributed by atoms with van der Waals surface area (Å²) >= 11 is 2.99. The van der Waals surface area contributed by atoms with Crippen LogP contribution in [0.2, 0.25) is 0 Å². The monoisotopic (exact) mass is 581 g/mol. The smallest absolute Gasteiger partial charge is 0.263 e. The lowest BCUT2D eigenvalue weighted by atomic mass is 9.94. The number of carbonyl (C=O) groups excluding carboxylic acids is 1. The fourth-order valence-electron chi connectivity index (χ4n) is 5.21. The van der Waals surface area contributed by atoms with E-state index in [-0.39, 0.29) is 17.1 Å². The molecule has 0 unspecified atom stereocenters. The maximum Gasteiger partial charge on any atom is 0.263 e. The van der Waals surface area contributed by atoms with Crippen LogP contribution in [0.25, 0.3) is 16.0 Å². The first-order valence-corrected chi connectivity index (χ1v) is 16.1. The van der Waals surface area contributed by atoms with Crippen molar-refractivity contribution in [2.75, 3.05) is 18.8 Å². The predicted molar refractivity (Wildman–Crippen MR) is 162 cm³/mol. The number of hydrogen-bond donors (Lipinski definition) is 0. The highest BCUT2D eigenvalue weighted by atomic mass is 32.2. The molecule has 0 spiro atoms. The van der Waals surface area contributed by atoms with Gasteiger partial charge in [0.15, 0.2) is 5.16 Å². The van der Waals surface area contributed by atoms with Crippen LogP contribution in [-0.4, -0.2) is 54.4 Å². The zero-order valence-corrected chi connectivity index (χ0v) is 25.6. The van der Waals surface area contributed by atoms with Gasteiger partial charge in [-0.05, 0) is 44.2 Å². The molecule has 0 bridgehead atoms. The molecule has 40 heavy (non-hydrogen) atoms. The minimum Gasteiger partial charge on any atom is -0.370 e. The van der Waals surface area contributed by atoms with Crippen LogP contribution in [0.5, 0.6) is 0 Å². The second-order valence-corrected chi connectivity index (χ2v) is 13.1. The summed E-state index contributed by atoms with van der Waals surface area (Å²) in [4.78, 5) is 31.2. The summed E-state index contributed by atoms with van der Waals surface area (Å²) in [5.41, 5.74) is 1.87. The molecule has 0 atom stereocenters. The van der Waals surface area contributed by atoms with Crippen molar-refractivity contribution in [1.82, 2.24) is 24.1 Å². The average molecular weight is 582 g/mol. The van der Waals surface area contributed by atoms with E-state index in [2.05, 4.69) is 50.0 Å². The van der Waals surface area contributed by atoms with Gasteiger partial charge in [0.2, 0.25) is 11.7 Å². The number of fused-ring (bicyclic) bond motifs is 5. The molecule has 0 radical (unpaired) electrons. The van der Waals surface area contributed by atoms with Gasteiger partial charge in [-0.15, -0.1) is 21.5 Å². The van der Waals surface area contributed by atoms with Gasteiger partial charge in [-0.2, -0.15) is 0 Å². The topological polar surface area (TPSA) is 81.7 Å². The number of amides is 1. The van der Waals surface area contributed by atoms with Crippen LogP contribution in [0.15, 0.2) is 40.3 Å². The first-order valence-electron chi connectivity index (χ1n) is 14.3. The van der Waals surface area contributed by atoms with Crippen molar-refractivity contribution in [3.05, 3.63) is 56.7 Å². The zero-order chi connectivity index (χ0) is 28.3. The van der Waals surface area contributed by atoms with Crippen molar-refractivity contribution >= 4 is 45.0 Å². The van der Waals surface area contributed by atoms with E-state index < -0.39 is 0 Å². The van der Waals surface area contributed by atoms with Gasteiger partial charge >= 0.3 is 0 Å². The lowest BCUT2D eigenvalue weighted by Crippen LogP contribution is -2.34. The van der Waals surface area contributed by atoms with Crippen LogP contribution in [0.4, 0.5) is 0 Å². The van der Waals surface area contributed by atoms with Crippen LogP contribution in [-0.2, 0) is 35.5 Å². The summed E-state index contributed by atoms with van der Waals surface area (Å²) < 4.78 is 9.86. The van der Waals surface area contributed by atoms with Gasteiger partial charge in [-0.25, -0.2) is 4.40 Å². The van der Waals surface area contributed by atoms with Gasteiger partial charge in [0.25, 0.3) is 5.56 Å². The normalized spacial score (nSPS) is 14.6. The third kappa shape index (κ3) is 5.99. The molecule has 1 aliphatic rings. The first kappa shape index (κ1) is 28.8. The molecule has 1 aliphatic heterocycles. The number of rotatable bonds is 12. The highest BCUT2D eigenvalue weighted by Gasteiger charge is 2.32. The number of carbonyl (C=O) groups is 1. The summed E-state index contributed by atoms with van der Waals surface area (Å²) in [5, 5.41) is 10.4. The molecule has 0 aliphatic carbocycles. The maximum absolute atomic E-state index is 14.1. The van der Waals surface area contributed by atoms with Crippen molar-refractivity contribution in [1.29, 1.82) is 0 Å². The standard InChI is InChI=1S/C30H39N5O3S2/c1-5-7-15-33(16-8-6-2)24(36)20-39-29-32-31-28-34(17-14-21-12-10-9-11-13-21)26(37)25-22-18-30(3,4)38-19-23(22)40-27(25)35(28)29/h9-13H,5-8,14-20H2,1-4H3. The van der Waals surface area contributed by atoms with E-state index in [0.717, 1.165) is 65.0 Å². The Morgan fingerprint density at radius 1 is 1.12 bits per heavy atom. The van der Waals surface area contributed by atoms with E-state index in [9.17, 15) is 9.59 Å². The second-order valence-electron chi connectivity index (χ2n) is 11.1. The van der Waals surface area contributed by atoms with E-state index >= 15 is 0 Å². The van der Waals surface area contributed by atoms with Crippen molar-refractivity contribution in [3.8, 4) is 0 Å². The third-order valence-electron chi connectivity index (χ3n) is 7.50. The molecule has 0 fully saturated rings. The van der Waals surface area contributed by atoms with Gasteiger partial charge < -0.3 is 9.64 Å². The van der Waals surface area contributed by atoms with Crippen molar-refractivity contribution in [2.24, 2.45) is 0 Å². The van der Waals surface area contributed by atoms with Gasteiger partial charge in [0.05, 0.1) is 23.3 Å². The Hall–Kier alpha value is -2.69. The lowest BCUT2D eigenvalue weighted by molar-refractivity contribution is -0.128. The van der Waals surface area contributed by atoms with Crippen LogP contribution >= 0.6 is 23.1 Å². The zero-order valence-electron chi connectivity index (χ0n) is 23.9. The lowest BCUT2D eigenvalue weighted by Gasteiger charge is -2.29. The molecule has 5 rings (SSSR count). The molecule has 0 N–H and O–H groups in total. The number of ether oxygens (including phenoxy) is 1. The molecular weight excluding hydrogens is 542 g/mol. The summed E-state index contributed by atoms with van der Waals surface area (Å²) in [5.74, 6) is 0.939. The summed E-state index contributed by atoms with van der Waals surface area (Å²) in [6.45, 7) is 11.0. The number of nitrogens with zero attached hydrogens (tertiary/aromatic N) is 5. The Kier molecular flexibility index (Phi) is 8.97. The number of thioether (sulfide) groups is 1. The molecule has 3 aromatic heterocycles. The summed E-state index contributed by atoms with van der Waals surface area (Å²) in [6.07, 6.45) is 5.50. The van der Waals surface area contributed by atoms with Crippen molar-refractivity contribution in [3.63, 3.8) is 0 Å². The van der Waals surface area contributed by atoms with Crippen molar-refractivity contribution < 1.29 is 9.53 Å². The number of benzene rings is 1. The molecule has 1 amide bonds. The molecule has 4 heterocycles. The highest BCUT2D eigenvalue weighted by molar-refractivity contribution is 7.99. The predicted octanol–water partition coefficient (Wildman–Crippen LogP) is 5.72. The van der Waals surface area contributed by atoms with E-state index in [1.54, 1.807) is 15.9 Å². The van der Waals surface area contributed by atoms with E-state index in [1.807, 2.05) is 27.5 Å². The van der Waals surface area contributed by atoms with E-state index in [1.165, 1.54) is 11.8 Å². The molecule has 4 aromatic rings. The Morgan fingerprint density at radius 3 is 2.55 bits per heavy atom. The maximum atomic E-state index is 14.1. The molecule has 214 valence electrons. The molecular formula is C30H39N5O3S2. The Labute approximate surface area is 243 Å². The molecule has 0 saturated heterocycles. The summed E-state index contributed by atoms with van der Waals surface area (Å²) in [7, 11) is 0. The number of unbranched alkanes of at least 4 members (excludes halogenated alkanes) is 2. The average Bonchev–Trinajstić information content (AvgIpc) is 3.53. The number of aromatic nitrogens is 4. The van der Waals surface area contributed by atoms with Gasteiger partial charge in [-0.1, -0.05) is 68.8 Å². The molecule has 1 aromatic carbocycles. The largest absolute Gasteiger partial charge is 0.370 e. The van der Waals surface area contributed by atoms with Gasteiger partial charge in [0.1, 0.15) is 4.83 Å². The quantitative estimate of drug-likeness (QED) is 0.199. The number of aryl methyl sites for hydroxylation is 2. The minimum absolute atomic E-state index is 0.0287. The van der Waals surface area contributed by atoms with Crippen LogP contribution in [0, 0.1) is 0 Å². The van der Waals surface area contributed by atoms with Crippen LogP contribution in [0.3, 0.4) is 0 Å². The Morgan fingerprint density at radius 2 is 1.85 bits per heavy atom. The molecule has 10 heteroatoms. The Balaban J connectivity index is 1.54. The van der Waals surface area contributed by atoms with E-state index in [4.69, 9.17) is 4.74 Å². The van der Waals surface area contributed by atoms with E-state index in [0.29, 0.717) is 42.7 Å². The first-order chi connectivity index (χ1) is 19.3. The fraction of sp³-hybridized carbons (Fsp3) is 0.533. The second kappa shape index (κ2) is 12.4.